The van der Waals surface area contributed by atoms with Gasteiger partial charge in [0, 0.05) is 25.8 Å². The van der Waals surface area contributed by atoms with Crippen LogP contribution in [0.4, 0.5) is 5.69 Å². The summed E-state index contributed by atoms with van der Waals surface area (Å²) in [6, 6.07) is 14.8. The molecule has 1 N–H and O–H groups in total. The first kappa shape index (κ1) is 15.4. The maximum atomic E-state index is 5.29. The molecule has 3 heteroatoms. The third-order valence-electron chi connectivity index (χ3n) is 3.57. The zero-order chi connectivity index (χ0) is 15.2. The van der Waals surface area contributed by atoms with Crippen molar-refractivity contribution >= 4 is 5.69 Å². The maximum absolute atomic E-state index is 5.29. The zero-order valence-corrected chi connectivity index (χ0v) is 13.3. The third kappa shape index (κ3) is 3.99. The molecule has 0 spiro atoms. The summed E-state index contributed by atoms with van der Waals surface area (Å²) in [7, 11) is 5.81. The predicted molar refractivity (Wildman–Crippen MR) is 89.0 cm³/mol. The Balaban J connectivity index is 2.21. The van der Waals surface area contributed by atoms with Crippen LogP contribution in [-0.4, -0.2) is 21.2 Å². The summed E-state index contributed by atoms with van der Waals surface area (Å²) >= 11 is 0. The largest absolute Gasteiger partial charge is 0.497 e. The van der Waals surface area contributed by atoms with Gasteiger partial charge in [0.15, 0.2) is 0 Å². The minimum Gasteiger partial charge on any atom is -0.497 e. The molecule has 2 rings (SSSR count). The van der Waals surface area contributed by atoms with E-state index in [1.807, 2.05) is 19.2 Å². The normalized spacial score (nSPS) is 10.5. The van der Waals surface area contributed by atoms with Gasteiger partial charge in [0.1, 0.15) is 5.75 Å². The Bertz CT molecular complexity index is 596. The van der Waals surface area contributed by atoms with E-state index in [9.17, 15) is 0 Å². The van der Waals surface area contributed by atoms with Gasteiger partial charge in [-0.15, -0.1) is 0 Å². The van der Waals surface area contributed by atoms with Crippen molar-refractivity contribution in [2.45, 2.75) is 20.0 Å². The summed E-state index contributed by atoms with van der Waals surface area (Å²) in [6.45, 7) is 3.86. The van der Waals surface area contributed by atoms with Crippen LogP contribution in [0.2, 0.25) is 0 Å². The van der Waals surface area contributed by atoms with Gasteiger partial charge in [0.25, 0.3) is 0 Å². The first-order chi connectivity index (χ1) is 10.1. The highest BCUT2D eigenvalue weighted by Crippen LogP contribution is 2.23. The number of nitrogens with zero attached hydrogens (tertiary/aromatic N) is 1. The van der Waals surface area contributed by atoms with E-state index in [1.54, 1.807) is 7.11 Å². The topological polar surface area (TPSA) is 24.5 Å². The van der Waals surface area contributed by atoms with Gasteiger partial charge in [-0.2, -0.15) is 0 Å². The van der Waals surface area contributed by atoms with Crippen LogP contribution in [0.5, 0.6) is 5.75 Å². The van der Waals surface area contributed by atoms with Crippen LogP contribution in [0.3, 0.4) is 0 Å². The number of nitrogens with one attached hydrogen (secondary N) is 1. The molecule has 0 amide bonds. The lowest BCUT2D eigenvalue weighted by Gasteiger charge is -2.23. The quantitative estimate of drug-likeness (QED) is 0.880. The molecule has 0 aliphatic heterocycles. The molecule has 0 fully saturated rings. The molecular formula is C18H24N2O. The molecule has 0 bridgehead atoms. The number of ether oxygens (including phenoxy) is 1. The van der Waals surface area contributed by atoms with Crippen molar-refractivity contribution in [2.24, 2.45) is 0 Å². The summed E-state index contributed by atoms with van der Waals surface area (Å²) in [6.07, 6.45) is 0. The fourth-order valence-corrected chi connectivity index (χ4v) is 2.55. The Labute approximate surface area is 127 Å². The number of methoxy groups -OCH3 is 1. The van der Waals surface area contributed by atoms with Crippen LogP contribution in [0.15, 0.2) is 42.5 Å². The zero-order valence-electron chi connectivity index (χ0n) is 13.3. The second kappa shape index (κ2) is 7.14. The summed E-state index contributed by atoms with van der Waals surface area (Å²) in [5, 5.41) is 3.24. The molecule has 0 saturated carbocycles. The van der Waals surface area contributed by atoms with E-state index in [-0.39, 0.29) is 0 Å². The van der Waals surface area contributed by atoms with Gasteiger partial charge in [-0.05, 0) is 43.3 Å². The van der Waals surface area contributed by atoms with E-state index in [0.717, 1.165) is 18.8 Å². The second-order valence-corrected chi connectivity index (χ2v) is 5.37. The predicted octanol–water partition coefficient (Wildman–Crippen LogP) is 3.36. The molecule has 21 heavy (non-hydrogen) atoms. The fraction of sp³-hybridized carbons (Fsp3) is 0.333. The minimum absolute atomic E-state index is 0.858. The van der Waals surface area contributed by atoms with E-state index >= 15 is 0 Å². The smallest absolute Gasteiger partial charge is 0.119 e. The van der Waals surface area contributed by atoms with Crippen molar-refractivity contribution in [1.29, 1.82) is 0 Å². The van der Waals surface area contributed by atoms with Crippen LogP contribution in [0, 0.1) is 6.92 Å². The number of benzene rings is 2. The molecule has 0 unspecified atom stereocenters. The highest BCUT2D eigenvalue weighted by Gasteiger charge is 2.08. The van der Waals surface area contributed by atoms with Crippen molar-refractivity contribution in [3.63, 3.8) is 0 Å². The van der Waals surface area contributed by atoms with E-state index in [1.165, 1.54) is 22.4 Å². The average molecular weight is 284 g/mol. The van der Waals surface area contributed by atoms with E-state index < -0.39 is 0 Å². The Morgan fingerprint density at radius 3 is 2.67 bits per heavy atom. The van der Waals surface area contributed by atoms with Gasteiger partial charge in [0.2, 0.25) is 0 Å². The average Bonchev–Trinajstić information content (AvgIpc) is 2.48. The van der Waals surface area contributed by atoms with Gasteiger partial charge < -0.3 is 15.0 Å². The Kier molecular flexibility index (Phi) is 5.23. The molecule has 0 aliphatic carbocycles. The fourth-order valence-electron chi connectivity index (χ4n) is 2.55. The lowest BCUT2D eigenvalue weighted by molar-refractivity contribution is 0.414. The number of hydrogen-bond donors (Lipinski definition) is 1. The summed E-state index contributed by atoms with van der Waals surface area (Å²) in [5.74, 6) is 0.903. The highest BCUT2D eigenvalue weighted by molar-refractivity contribution is 5.55. The Hall–Kier alpha value is -2.00. The SMILES string of the molecule is CNCc1cc(C)ccc1N(C)Cc1cccc(OC)c1. The van der Waals surface area contributed by atoms with E-state index in [2.05, 4.69) is 54.5 Å². The second-order valence-electron chi connectivity index (χ2n) is 5.37. The molecule has 0 atom stereocenters. The number of aryl methyl sites for hydroxylation is 1. The van der Waals surface area contributed by atoms with Gasteiger partial charge in [-0.3, -0.25) is 0 Å². The van der Waals surface area contributed by atoms with Gasteiger partial charge >= 0.3 is 0 Å². The van der Waals surface area contributed by atoms with Crippen LogP contribution < -0.4 is 15.0 Å². The van der Waals surface area contributed by atoms with Crippen molar-refractivity contribution in [1.82, 2.24) is 5.32 Å². The molecule has 112 valence electrons. The van der Waals surface area contributed by atoms with Crippen LogP contribution in [0.1, 0.15) is 16.7 Å². The van der Waals surface area contributed by atoms with Crippen LogP contribution >= 0.6 is 0 Å². The molecule has 0 radical (unpaired) electrons. The van der Waals surface area contributed by atoms with Crippen LogP contribution in [-0.2, 0) is 13.1 Å². The van der Waals surface area contributed by atoms with Crippen molar-refractivity contribution < 1.29 is 4.74 Å². The number of rotatable bonds is 6. The minimum atomic E-state index is 0.858. The summed E-state index contributed by atoms with van der Waals surface area (Å²) in [4.78, 5) is 2.28. The molecule has 0 heterocycles. The monoisotopic (exact) mass is 284 g/mol. The highest BCUT2D eigenvalue weighted by atomic mass is 16.5. The standard InChI is InChI=1S/C18H24N2O/c1-14-8-9-18(16(10-14)12-19-2)20(3)13-15-6-5-7-17(11-15)21-4/h5-11,19H,12-13H2,1-4H3. The van der Waals surface area contributed by atoms with Gasteiger partial charge in [0.05, 0.1) is 7.11 Å². The molecule has 2 aromatic rings. The van der Waals surface area contributed by atoms with Gasteiger partial charge in [-0.25, -0.2) is 0 Å². The van der Waals surface area contributed by atoms with E-state index in [4.69, 9.17) is 4.74 Å². The lowest BCUT2D eigenvalue weighted by Crippen LogP contribution is -2.19. The molecule has 0 saturated heterocycles. The first-order valence-electron chi connectivity index (χ1n) is 7.22. The Morgan fingerprint density at radius 1 is 1.14 bits per heavy atom. The van der Waals surface area contributed by atoms with Gasteiger partial charge in [-0.1, -0.05) is 29.8 Å². The van der Waals surface area contributed by atoms with Crippen molar-refractivity contribution in [3.05, 3.63) is 59.2 Å². The summed E-state index contributed by atoms with van der Waals surface area (Å²) in [5.41, 5.74) is 5.12. The lowest BCUT2D eigenvalue weighted by atomic mass is 10.1. The molecule has 0 aliphatic rings. The molecule has 2 aromatic carbocycles. The summed E-state index contributed by atoms with van der Waals surface area (Å²) < 4.78 is 5.29. The molecular weight excluding hydrogens is 260 g/mol. The third-order valence-corrected chi connectivity index (χ3v) is 3.57. The number of anilines is 1. The Morgan fingerprint density at radius 2 is 1.95 bits per heavy atom. The van der Waals surface area contributed by atoms with Crippen LogP contribution in [0.25, 0.3) is 0 Å². The molecule has 0 aromatic heterocycles. The van der Waals surface area contributed by atoms with E-state index in [0.29, 0.717) is 0 Å². The van der Waals surface area contributed by atoms with Crippen molar-refractivity contribution in [2.75, 3.05) is 26.1 Å². The van der Waals surface area contributed by atoms with Crippen molar-refractivity contribution in [3.8, 4) is 5.75 Å². The first-order valence-corrected chi connectivity index (χ1v) is 7.22. The maximum Gasteiger partial charge on any atom is 0.119 e. The number of hydrogen-bond acceptors (Lipinski definition) is 3. The molecule has 3 nitrogen and oxygen atoms in total.